The normalized spacial score (nSPS) is 16.0. The molecule has 3 aromatic rings. The Labute approximate surface area is 154 Å². The number of fused-ring (bicyclic) bond motifs is 1. The Morgan fingerprint density at radius 2 is 1.96 bits per heavy atom. The summed E-state index contributed by atoms with van der Waals surface area (Å²) < 4.78 is 6.27. The molecule has 1 atom stereocenters. The number of hydrogen-bond acceptors (Lipinski definition) is 5. The van der Waals surface area contributed by atoms with Crippen molar-refractivity contribution in [2.24, 2.45) is 0 Å². The van der Waals surface area contributed by atoms with Gasteiger partial charge in [-0.2, -0.15) is 0 Å². The first kappa shape index (κ1) is 17.1. The van der Waals surface area contributed by atoms with E-state index in [1.54, 1.807) is 24.3 Å². The van der Waals surface area contributed by atoms with Gasteiger partial charge in [0.15, 0.2) is 0 Å². The molecule has 2 aromatic carbocycles. The first-order valence-electron chi connectivity index (χ1n) is 8.64. The molecule has 138 valence electrons. The second-order valence-corrected chi connectivity index (χ2v) is 6.37. The molecule has 0 aliphatic carbocycles. The molecular weight excluding hydrogens is 346 g/mol. The van der Waals surface area contributed by atoms with E-state index in [-0.39, 0.29) is 11.4 Å². The number of nitrogens with one attached hydrogen (secondary N) is 2. The van der Waals surface area contributed by atoms with Crippen LogP contribution in [0.1, 0.15) is 22.7 Å². The summed E-state index contributed by atoms with van der Waals surface area (Å²) in [6, 6.07) is 14.0. The number of aromatic nitrogens is 2. The lowest BCUT2D eigenvalue weighted by Gasteiger charge is -2.27. The molecular formula is C20H19N3O4. The lowest BCUT2D eigenvalue weighted by molar-refractivity contribution is 0.406. The van der Waals surface area contributed by atoms with E-state index in [2.05, 4.69) is 10.3 Å². The van der Waals surface area contributed by atoms with Crippen molar-refractivity contribution in [2.75, 3.05) is 13.7 Å². The fourth-order valence-corrected chi connectivity index (χ4v) is 3.55. The largest absolute Gasteiger partial charge is 0.497 e. The van der Waals surface area contributed by atoms with Gasteiger partial charge in [-0.3, -0.25) is 9.78 Å². The summed E-state index contributed by atoms with van der Waals surface area (Å²) in [5.41, 5.74) is 1.23. The third-order valence-corrected chi connectivity index (χ3v) is 4.83. The Bertz CT molecular complexity index is 1120. The maximum atomic E-state index is 12.6. The summed E-state index contributed by atoms with van der Waals surface area (Å²) in [6.07, 6.45) is 0.834. The zero-order chi connectivity index (χ0) is 19.0. The number of aromatic amines is 1. The van der Waals surface area contributed by atoms with E-state index in [4.69, 9.17) is 4.74 Å². The quantitative estimate of drug-likeness (QED) is 0.653. The van der Waals surface area contributed by atoms with Crippen LogP contribution in [0.25, 0.3) is 5.69 Å². The monoisotopic (exact) mass is 365 g/mol. The molecule has 0 saturated heterocycles. The Morgan fingerprint density at radius 1 is 1.15 bits per heavy atom. The summed E-state index contributed by atoms with van der Waals surface area (Å²) >= 11 is 0. The van der Waals surface area contributed by atoms with Gasteiger partial charge in [-0.15, -0.1) is 0 Å². The summed E-state index contributed by atoms with van der Waals surface area (Å²) in [5.74, 6) is 0.152. The maximum absolute atomic E-state index is 12.6. The van der Waals surface area contributed by atoms with E-state index in [0.717, 1.165) is 22.1 Å². The van der Waals surface area contributed by atoms with Crippen LogP contribution in [0.2, 0.25) is 0 Å². The molecule has 4 rings (SSSR count). The van der Waals surface area contributed by atoms with Crippen LogP contribution in [0.5, 0.6) is 11.6 Å². The van der Waals surface area contributed by atoms with Crippen LogP contribution < -0.4 is 21.3 Å². The van der Waals surface area contributed by atoms with Crippen molar-refractivity contribution in [3.63, 3.8) is 0 Å². The molecule has 1 aliphatic rings. The number of ether oxygens (including phenoxy) is 1. The zero-order valence-electron chi connectivity index (χ0n) is 14.7. The van der Waals surface area contributed by atoms with E-state index in [0.29, 0.717) is 18.0 Å². The number of methoxy groups -OCH3 is 1. The second-order valence-electron chi connectivity index (χ2n) is 6.37. The van der Waals surface area contributed by atoms with Crippen LogP contribution in [0.4, 0.5) is 0 Å². The first-order chi connectivity index (χ1) is 13.1. The predicted molar refractivity (Wildman–Crippen MR) is 101 cm³/mol. The van der Waals surface area contributed by atoms with Crippen molar-refractivity contribution >= 4 is 0 Å². The van der Waals surface area contributed by atoms with Crippen LogP contribution in [-0.4, -0.2) is 28.3 Å². The third-order valence-electron chi connectivity index (χ3n) is 4.83. The number of aromatic hydroxyl groups is 1. The molecule has 7 heteroatoms. The van der Waals surface area contributed by atoms with Gasteiger partial charge in [0.2, 0.25) is 5.88 Å². The number of nitrogens with zero attached hydrogens (tertiary/aromatic N) is 1. The van der Waals surface area contributed by atoms with Crippen LogP contribution in [0.15, 0.2) is 58.1 Å². The summed E-state index contributed by atoms with van der Waals surface area (Å²) in [6.45, 7) is 0.666. The van der Waals surface area contributed by atoms with Crippen molar-refractivity contribution < 1.29 is 9.84 Å². The first-order valence-corrected chi connectivity index (χ1v) is 8.64. The summed E-state index contributed by atoms with van der Waals surface area (Å²) in [5, 5.41) is 14.2. The average molecular weight is 365 g/mol. The van der Waals surface area contributed by atoms with E-state index in [1.165, 1.54) is 7.11 Å². The van der Waals surface area contributed by atoms with E-state index in [1.807, 2.05) is 24.3 Å². The molecule has 1 aliphatic heterocycles. The Balaban J connectivity index is 1.94. The summed E-state index contributed by atoms with van der Waals surface area (Å²) in [7, 11) is 1.52. The van der Waals surface area contributed by atoms with Crippen molar-refractivity contribution in [1.82, 2.24) is 14.9 Å². The second kappa shape index (κ2) is 6.77. The molecule has 0 unspecified atom stereocenters. The van der Waals surface area contributed by atoms with Crippen LogP contribution in [0, 0.1) is 0 Å². The highest BCUT2D eigenvalue weighted by Gasteiger charge is 2.28. The highest BCUT2D eigenvalue weighted by molar-refractivity contribution is 5.46. The zero-order valence-corrected chi connectivity index (χ0v) is 14.7. The minimum absolute atomic E-state index is 0.115. The fourth-order valence-electron chi connectivity index (χ4n) is 3.55. The van der Waals surface area contributed by atoms with Crippen molar-refractivity contribution in [1.29, 1.82) is 0 Å². The molecule has 3 N–H and O–H groups in total. The van der Waals surface area contributed by atoms with Gasteiger partial charge in [0, 0.05) is 12.6 Å². The molecule has 0 fully saturated rings. The van der Waals surface area contributed by atoms with Crippen LogP contribution in [-0.2, 0) is 6.42 Å². The standard InChI is InChI=1S/C20H19N3O4/c1-27-14-7-4-6-13(11-14)23-19(25)16(18(24)22-20(23)26)17-15-8-3-2-5-12(15)9-10-21-17/h2-8,11,17,21,25H,9-10H2,1H3,(H,22,24,26)/t17-/m1/s1. The Kier molecular flexibility index (Phi) is 4.29. The van der Waals surface area contributed by atoms with E-state index >= 15 is 0 Å². The number of hydrogen-bond donors (Lipinski definition) is 3. The van der Waals surface area contributed by atoms with Gasteiger partial charge >= 0.3 is 5.69 Å². The fraction of sp³-hybridized carbons (Fsp3) is 0.200. The third kappa shape index (κ3) is 2.92. The summed E-state index contributed by atoms with van der Waals surface area (Å²) in [4.78, 5) is 27.3. The molecule has 0 spiro atoms. The number of rotatable bonds is 3. The molecule has 2 heterocycles. The van der Waals surface area contributed by atoms with Gasteiger partial charge in [0.1, 0.15) is 5.75 Å². The topological polar surface area (TPSA) is 96.3 Å². The highest BCUT2D eigenvalue weighted by atomic mass is 16.5. The number of benzene rings is 2. The van der Waals surface area contributed by atoms with Gasteiger partial charge in [0.25, 0.3) is 5.56 Å². The van der Waals surface area contributed by atoms with Gasteiger partial charge in [-0.05, 0) is 29.7 Å². The van der Waals surface area contributed by atoms with Crippen LogP contribution >= 0.6 is 0 Å². The Hall–Kier alpha value is -3.32. The predicted octanol–water partition coefficient (Wildman–Crippen LogP) is 1.48. The molecule has 0 saturated carbocycles. The molecule has 7 nitrogen and oxygen atoms in total. The molecule has 0 bridgehead atoms. The maximum Gasteiger partial charge on any atom is 0.335 e. The van der Waals surface area contributed by atoms with Crippen molar-refractivity contribution in [3.05, 3.63) is 86.1 Å². The molecule has 1 aromatic heterocycles. The van der Waals surface area contributed by atoms with Crippen LogP contribution in [0.3, 0.4) is 0 Å². The van der Waals surface area contributed by atoms with Gasteiger partial charge < -0.3 is 15.2 Å². The minimum atomic E-state index is -0.710. The lowest BCUT2D eigenvalue weighted by atomic mass is 9.90. The highest BCUT2D eigenvalue weighted by Crippen LogP contribution is 2.31. The molecule has 0 radical (unpaired) electrons. The molecule has 27 heavy (non-hydrogen) atoms. The Morgan fingerprint density at radius 3 is 2.78 bits per heavy atom. The lowest BCUT2D eigenvalue weighted by Crippen LogP contribution is -2.38. The van der Waals surface area contributed by atoms with Crippen molar-refractivity contribution in [2.45, 2.75) is 12.5 Å². The van der Waals surface area contributed by atoms with Gasteiger partial charge in [-0.1, -0.05) is 30.3 Å². The van der Waals surface area contributed by atoms with E-state index in [9.17, 15) is 14.7 Å². The minimum Gasteiger partial charge on any atom is -0.497 e. The molecule has 0 amide bonds. The SMILES string of the molecule is COc1cccc(-n2c(O)c([C@@H]3NCCc4ccccc43)c(=O)[nH]c2=O)c1. The van der Waals surface area contributed by atoms with Crippen molar-refractivity contribution in [3.8, 4) is 17.3 Å². The number of H-pyrrole nitrogens is 1. The average Bonchev–Trinajstić information content (AvgIpc) is 2.68. The smallest absolute Gasteiger partial charge is 0.335 e. The van der Waals surface area contributed by atoms with E-state index < -0.39 is 17.3 Å². The van der Waals surface area contributed by atoms with Gasteiger partial charge in [-0.25, -0.2) is 9.36 Å². The van der Waals surface area contributed by atoms with Gasteiger partial charge in [0.05, 0.1) is 24.4 Å².